The second-order valence-electron chi connectivity index (χ2n) is 2.60. The van der Waals surface area contributed by atoms with Crippen molar-refractivity contribution in [3.63, 3.8) is 0 Å². The highest BCUT2D eigenvalue weighted by molar-refractivity contribution is 5.14. The van der Waals surface area contributed by atoms with Crippen molar-refractivity contribution in [3.8, 4) is 0 Å². The van der Waals surface area contributed by atoms with Crippen LogP contribution in [0.1, 0.15) is 5.56 Å². The molecule has 0 unspecified atom stereocenters. The van der Waals surface area contributed by atoms with Crippen molar-refractivity contribution < 1.29 is 4.74 Å². The monoisotopic (exact) mass is 162 g/mol. The summed E-state index contributed by atoms with van der Waals surface area (Å²) in [5.74, 6) is 0. The van der Waals surface area contributed by atoms with Gasteiger partial charge in [0, 0.05) is 0 Å². The lowest BCUT2D eigenvalue weighted by Crippen LogP contribution is -1.97. The zero-order chi connectivity index (χ0) is 8.65. The van der Waals surface area contributed by atoms with E-state index < -0.39 is 0 Å². The van der Waals surface area contributed by atoms with Gasteiger partial charge in [-0.3, -0.25) is 0 Å². The van der Waals surface area contributed by atoms with Crippen LogP contribution in [0.3, 0.4) is 0 Å². The topological polar surface area (TPSA) is 9.23 Å². The average Bonchev–Trinajstić information content (AvgIpc) is 2.14. The summed E-state index contributed by atoms with van der Waals surface area (Å²) in [5.41, 5.74) is 1.32. The molecule has 1 aromatic carbocycles. The normalized spacial score (nSPS) is 9.67. The maximum absolute atomic E-state index is 5.27. The molecule has 0 aromatic heterocycles. The molecule has 0 heterocycles. The molecule has 0 fully saturated rings. The van der Waals surface area contributed by atoms with Gasteiger partial charge in [0.1, 0.15) is 0 Å². The van der Waals surface area contributed by atoms with Crippen molar-refractivity contribution >= 4 is 0 Å². The highest BCUT2D eigenvalue weighted by Crippen LogP contribution is 1.99. The summed E-state index contributed by atoms with van der Waals surface area (Å²) in [6.07, 6.45) is 2.75. The lowest BCUT2D eigenvalue weighted by atomic mass is 10.2. The molecular weight excluding hydrogens is 148 g/mol. The molecule has 0 aliphatic heterocycles. The number of rotatable bonds is 5. The summed E-state index contributed by atoms with van der Waals surface area (Å²) in [7, 11) is 0. The predicted octanol–water partition coefficient (Wildman–Crippen LogP) is 2.43. The molecule has 0 saturated heterocycles. The summed E-state index contributed by atoms with van der Waals surface area (Å²) < 4.78 is 5.27. The van der Waals surface area contributed by atoms with Crippen molar-refractivity contribution in [1.82, 2.24) is 0 Å². The Bertz CT molecular complexity index is 216. The fourth-order valence-corrected chi connectivity index (χ4v) is 1.00. The van der Waals surface area contributed by atoms with Crippen molar-refractivity contribution in [2.45, 2.75) is 6.42 Å². The maximum Gasteiger partial charge on any atom is 0.0644 e. The fraction of sp³-hybridized carbons (Fsp3) is 0.273. The molecule has 0 N–H and O–H groups in total. The number of ether oxygens (including phenoxy) is 1. The Balaban J connectivity index is 2.20. The highest BCUT2D eigenvalue weighted by Gasteiger charge is 1.89. The van der Waals surface area contributed by atoms with E-state index in [4.69, 9.17) is 4.74 Å². The molecule has 1 heteroatoms. The summed E-state index contributed by atoms with van der Waals surface area (Å²) in [5, 5.41) is 0. The molecule has 64 valence electrons. The standard InChI is InChI=1S/C11H14O/c1-2-9-12-10-8-11-6-4-3-5-7-11/h2-7H,1,8-10H2. The molecule has 0 aliphatic rings. The first-order chi connectivity index (χ1) is 5.93. The second kappa shape index (κ2) is 5.56. The van der Waals surface area contributed by atoms with Crippen LogP contribution in [0.2, 0.25) is 0 Å². The van der Waals surface area contributed by atoms with Gasteiger partial charge in [0.15, 0.2) is 0 Å². The number of benzene rings is 1. The van der Waals surface area contributed by atoms with E-state index in [0.717, 1.165) is 13.0 Å². The lowest BCUT2D eigenvalue weighted by molar-refractivity contribution is 0.166. The van der Waals surface area contributed by atoms with Crippen LogP contribution in [0.5, 0.6) is 0 Å². The third-order valence-electron chi connectivity index (χ3n) is 1.61. The van der Waals surface area contributed by atoms with E-state index in [1.54, 1.807) is 6.08 Å². The van der Waals surface area contributed by atoms with Gasteiger partial charge in [0.25, 0.3) is 0 Å². The van der Waals surface area contributed by atoms with E-state index >= 15 is 0 Å². The van der Waals surface area contributed by atoms with Gasteiger partial charge < -0.3 is 4.74 Å². The molecular formula is C11H14O. The van der Waals surface area contributed by atoms with Gasteiger partial charge in [-0.25, -0.2) is 0 Å². The fourth-order valence-electron chi connectivity index (χ4n) is 1.00. The Kier molecular flexibility index (Phi) is 4.17. The molecule has 0 bridgehead atoms. The SMILES string of the molecule is C=CCOCCc1ccccc1. The van der Waals surface area contributed by atoms with E-state index in [9.17, 15) is 0 Å². The van der Waals surface area contributed by atoms with E-state index in [-0.39, 0.29) is 0 Å². The summed E-state index contributed by atoms with van der Waals surface area (Å²) in [6.45, 7) is 5.00. The Morgan fingerprint density at radius 2 is 2.00 bits per heavy atom. The predicted molar refractivity (Wildman–Crippen MR) is 51.2 cm³/mol. The first kappa shape index (κ1) is 9.01. The van der Waals surface area contributed by atoms with Gasteiger partial charge in [-0.05, 0) is 12.0 Å². The largest absolute Gasteiger partial charge is 0.377 e. The molecule has 1 nitrogen and oxygen atoms in total. The van der Waals surface area contributed by atoms with Crippen LogP contribution >= 0.6 is 0 Å². The van der Waals surface area contributed by atoms with Crippen molar-refractivity contribution in [3.05, 3.63) is 48.6 Å². The average molecular weight is 162 g/mol. The Labute approximate surface area is 73.7 Å². The Hall–Kier alpha value is -1.08. The summed E-state index contributed by atoms with van der Waals surface area (Å²) >= 11 is 0. The van der Waals surface area contributed by atoms with E-state index in [1.165, 1.54) is 5.56 Å². The number of hydrogen-bond donors (Lipinski definition) is 0. The van der Waals surface area contributed by atoms with Crippen LogP contribution in [-0.4, -0.2) is 13.2 Å². The Morgan fingerprint density at radius 1 is 1.25 bits per heavy atom. The highest BCUT2D eigenvalue weighted by atomic mass is 16.5. The van der Waals surface area contributed by atoms with E-state index in [0.29, 0.717) is 6.61 Å². The lowest BCUT2D eigenvalue weighted by Gasteiger charge is -2.00. The molecule has 0 aliphatic carbocycles. The minimum Gasteiger partial charge on any atom is -0.377 e. The van der Waals surface area contributed by atoms with Crippen molar-refractivity contribution in [1.29, 1.82) is 0 Å². The number of hydrogen-bond acceptors (Lipinski definition) is 1. The van der Waals surface area contributed by atoms with Gasteiger partial charge in [-0.1, -0.05) is 36.4 Å². The Morgan fingerprint density at radius 3 is 2.67 bits per heavy atom. The van der Waals surface area contributed by atoms with Crippen LogP contribution < -0.4 is 0 Å². The van der Waals surface area contributed by atoms with Crippen LogP contribution in [0, 0.1) is 0 Å². The third-order valence-corrected chi connectivity index (χ3v) is 1.61. The van der Waals surface area contributed by atoms with Gasteiger partial charge in [0.05, 0.1) is 13.2 Å². The third kappa shape index (κ3) is 3.35. The second-order valence-corrected chi connectivity index (χ2v) is 2.60. The van der Waals surface area contributed by atoms with E-state index in [1.807, 2.05) is 18.2 Å². The van der Waals surface area contributed by atoms with E-state index in [2.05, 4.69) is 18.7 Å². The molecule has 0 spiro atoms. The van der Waals surface area contributed by atoms with Crippen LogP contribution in [-0.2, 0) is 11.2 Å². The zero-order valence-corrected chi connectivity index (χ0v) is 7.20. The minimum absolute atomic E-state index is 0.646. The van der Waals surface area contributed by atoms with Gasteiger partial charge in [0.2, 0.25) is 0 Å². The minimum atomic E-state index is 0.646. The maximum atomic E-state index is 5.27. The summed E-state index contributed by atoms with van der Waals surface area (Å²) in [6, 6.07) is 10.3. The smallest absolute Gasteiger partial charge is 0.0644 e. The molecule has 12 heavy (non-hydrogen) atoms. The van der Waals surface area contributed by atoms with Crippen LogP contribution in [0.25, 0.3) is 0 Å². The molecule has 1 aromatic rings. The summed E-state index contributed by atoms with van der Waals surface area (Å²) in [4.78, 5) is 0. The zero-order valence-electron chi connectivity index (χ0n) is 7.20. The van der Waals surface area contributed by atoms with Gasteiger partial charge in [-0.15, -0.1) is 6.58 Å². The van der Waals surface area contributed by atoms with Gasteiger partial charge >= 0.3 is 0 Å². The van der Waals surface area contributed by atoms with Crippen molar-refractivity contribution in [2.75, 3.05) is 13.2 Å². The molecule has 0 amide bonds. The first-order valence-electron chi connectivity index (χ1n) is 4.16. The van der Waals surface area contributed by atoms with Crippen LogP contribution in [0.4, 0.5) is 0 Å². The molecule has 0 saturated carbocycles. The molecule has 0 atom stereocenters. The molecule has 1 rings (SSSR count). The van der Waals surface area contributed by atoms with Gasteiger partial charge in [-0.2, -0.15) is 0 Å². The van der Waals surface area contributed by atoms with Crippen LogP contribution in [0.15, 0.2) is 43.0 Å². The quantitative estimate of drug-likeness (QED) is 0.477. The first-order valence-corrected chi connectivity index (χ1v) is 4.16. The molecule has 0 radical (unpaired) electrons. The van der Waals surface area contributed by atoms with Crippen molar-refractivity contribution in [2.24, 2.45) is 0 Å².